The van der Waals surface area contributed by atoms with E-state index in [4.69, 9.17) is 0 Å². The molecule has 0 saturated heterocycles. The van der Waals surface area contributed by atoms with Crippen molar-refractivity contribution in [2.75, 3.05) is 17.7 Å². The third-order valence-electron chi connectivity index (χ3n) is 3.27. The van der Waals surface area contributed by atoms with Gasteiger partial charge in [-0.05, 0) is 24.3 Å². The number of fused-ring (bicyclic) bond motifs is 1. The lowest BCUT2D eigenvalue weighted by molar-refractivity contribution is -0.114. The van der Waals surface area contributed by atoms with Crippen molar-refractivity contribution in [2.24, 2.45) is 0 Å². The van der Waals surface area contributed by atoms with Gasteiger partial charge in [0.15, 0.2) is 11.5 Å². The summed E-state index contributed by atoms with van der Waals surface area (Å²) in [6.45, 7) is 1.46. The summed E-state index contributed by atoms with van der Waals surface area (Å²) >= 11 is 0. The molecular formula is C16H16N6O2. The molecule has 0 aliphatic rings. The van der Waals surface area contributed by atoms with Crippen LogP contribution in [-0.4, -0.2) is 33.6 Å². The summed E-state index contributed by atoms with van der Waals surface area (Å²) in [5.74, 6) is 0.279. The van der Waals surface area contributed by atoms with Gasteiger partial charge in [-0.1, -0.05) is 12.1 Å². The Balaban J connectivity index is 1.93. The Morgan fingerprint density at radius 1 is 1.12 bits per heavy atom. The van der Waals surface area contributed by atoms with E-state index in [9.17, 15) is 9.59 Å². The van der Waals surface area contributed by atoms with Gasteiger partial charge in [0, 0.05) is 25.2 Å². The molecule has 122 valence electrons. The molecule has 0 fully saturated rings. The van der Waals surface area contributed by atoms with Crippen LogP contribution in [0.4, 0.5) is 16.3 Å². The molecule has 3 N–H and O–H groups in total. The highest BCUT2D eigenvalue weighted by molar-refractivity contribution is 5.89. The van der Waals surface area contributed by atoms with Gasteiger partial charge in [-0.3, -0.25) is 10.1 Å². The predicted molar refractivity (Wildman–Crippen MR) is 90.8 cm³/mol. The summed E-state index contributed by atoms with van der Waals surface area (Å²) in [5, 5.41) is 12.3. The zero-order chi connectivity index (χ0) is 17.1. The maximum absolute atomic E-state index is 11.3. The van der Waals surface area contributed by atoms with Crippen molar-refractivity contribution in [1.82, 2.24) is 19.9 Å². The highest BCUT2D eigenvalue weighted by Gasteiger charge is 2.08. The Hall–Kier alpha value is -3.42. The molecule has 1 aromatic carbocycles. The lowest BCUT2D eigenvalue weighted by Gasteiger charge is -2.05. The second-order valence-corrected chi connectivity index (χ2v) is 5.11. The number of nitrogens with zero attached hydrogens (tertiary/aromatic N) is 3. The van der Waals surface area contributed by atoms with Crippen LogP contribution in [0.15, 0.2) is 42.6 Å². The van der Waals surface area contributed by atoms with Crippen molar-refractivity contribution in [2.45, 2.75) is 6.92 Å². The fourth-order valence-corrected chi connectivity index (χ4v) is 2.23. The Labute approximate surface area is 137 Å². The van der Waals surface area contributed by atoms with Gasteiger partial charge in [-0.2, -0.15) is 5.10 Å². The average molecular weight is 324 g/mol. The van der Waals surface area contributed by atoms with Crippen LogP contribution < -0.4 is 16.0 Å². The number of aromatic nitrogens is 3. The average Bonchev–Trinajstić information content (AvgIpc) is 2.95. The van der Waals surface area contributed by atoms with E-state index in [2.05, 4.69) is 26.0 Å². The number of imidazole rings is 1. The molecule has 0 spiro atoms. The van der Waals surface area contributed by atoms with Gasteiger partial charge < -0.3 is 10.6 Å². The number of hydrogen-bond donors (Lipinski definition) is 3. The quantitative estimate of drug-likeness (QED) is 0.687. The first-order chi connectivity index (χ1) is 11.5. The van der Waals surface area contributed by atoms with E-state index in [1.807, 2.05) is 36.4 Å². The van der Waals surface area contributed by atoms with Crippen molar-refractivity contribution in [1.29, 1.82) is 0 Å². The first-order valence-corrected chi connectivity index (χ1v) is 7.28. The number of rotatable bonds is 3. The SMILES string of the molecule is CNC(=O)Nc1cn2nc(-c3cccc(NC(C)=O)c3)ccc2n1. The number of carbonyl (C=O) groups excluding carboxylic acids is 2. The lowest BCUT2D eigenvalue weighted by atomic mass is 10.1. The van der Waals surface area contributed by atoms with Crippen LogP contribution in [-0.2, 0) is 4.79 Å². The molecule has 0 aliphatic carbocycles. The van der Waals surface area contributed by atoms with Gasteiger partial charge >= 0.3 is 6.03 Å². The molecule has 0 aliphatic heterocycles. The van der Waals surface area contributed by atoms with Gasteiger partial charge in [0.05, 0.1) is 11.9 Å². The van der Waals surface area contributed by atoms with Crippen molar-refractivity contribution in [3.63, 3.8) is 0 Å². The second-order valence-electron chi connectivity index (χ2n) is 5.11. The number of carbonyl (C=O) groups is 2. The van der Waals surface area contributed by atoms with Crippen molar-refractivity contribution >= 4 is 29.1 Å². The first kappa shape index (κ1) is 15.5. The maximum atomic E-state index is 11.3. The molecule has 2 aromatic heterocycles. The monoisotopic (exact) mass is 324 g/mol. The Bertz CT molecular complexity index is 918. The molecule has 8 heteroatoms. The van der Waals surface area contributed by atoms with E-state index >= 15 is 0 Å². The van der Waals surface area contributed by atoms with Crippen molar-refractivity contribution in [3.8, 4) is 11.3 Å². The molecule has 0 saturated carbocycles. The van der Waals surface area contributed by atoms with E-state index in [-0.39, 0.29) is 11.9 Å². The fraction of sp³-hybridized carbons (Fsp3) is 0.125. The highest BCUT2D eigenvalue weighted by Crippen LogP contribution is 2.21. The van der Waals surface area contributed by atoms with E-state index in [1.54, 1.807) is 10.7 Å². The molecule has 0 atom stereocenters. The van der Waals surface area contributed by atoms with Crippen LogP contribution in [0.3, 0.4) is 0 Å². The second kappa shape index (κ2) is 6.37. The summed E-state index contributed by atoms with van der Waals surface area (Å²) in [6.07, 6.45) is 1.63. The maximum Gasteiger partial charge on any atom is 0.320 e. The predicted octanol–water partition coefficient (Wildman–Crippen LogP) is 2.11. The fourth-order valence-electron chi connectivity index (χ4n) is 2.23. The van der Waals surface area contributed by atoms with Gasteiger partial charge in [0.2, 0.25) is 5.91 Å². The van der Waals surface area contributed by atoms with Crippen LogP contribution >= 0.6 is 0 Å². The summed E-state index contributed by atoms with van der Waals surface area (Å²) in [5.41, 5.74) is 2.90. The van der Waals surface area contributed by atoms with Crippen LogP contribution in [0.2, 0.25) is 0 Å². The summed E-state index contributed by atoms with van der Waals surface area (Å²) < 4.78 is 1.59. The summed E-state index contributed by atoms with van der Waals surface area (Å²) in [7, 11) is 1.53. The molecule has 0 unspecified atom stereocenters. The summed E-state index contributed by atoms with van der Waals surface area (Å²) in [4.78, 5) is 26.8. The molecule has 3 aromatic rings. The molecule has 8 nitrogen and oxygen atoms in total. The normalized spacial score (nSPS) is 10.4. The first-order valence-electron chi connectivity index (χ1n) is 7.28. The van der Waals surface area contributed by atoms with Crippen molar-refractivity contribution in [3.05, 3.63) is 42.6 Å². The molecule has 0 radical (unpaired) electrons. The molecule has 2 heterocycles. The minimum atomic E-state index is -0.346. The smallest absolute Gasteiger partial charge is 0.320 e. The van der Waals surface area contributed by atoms with E-state index in [0.29, 0.717) is 17.2 Å². The van der Waals surface area contributed by atoms with Crippen LogP contribution in [0.25, 0.3) is 16.9 Å². The zero-order valence-corrected chi connectivity index (χ0v) is 13.2. The largest absolute Gasteiger partial charge is 0.341 e. The summed E-state index contributed by atoms with van der Waals surface area (Å²) in [6, 6.07) is 10.7. The molecule has 3 rings (SSSR count). The highest BCUT2D eigenvalue weighted by atomic mass is 16.2. The van der Waals surface area contributed by atoms with Crippen LogP contribution in [0.1, 0.15) is 6.92 Å². The third kappa shape index (κ3) is 3.32. The van der Waals surface area contributed by atoms with E-state index < -0.39 is 0 Å². The number of urea groups is 1. The number of amides is 3. The Morgan fingerprint density at radius 2 is 1.96 bits per heavy atom. The van der Waals surface area contributed by atoms with E-state index in [0.717, 1.165) is 11.3 Å². The molecule has 0 bridgehead atoms. The standard InChI is InChI=1S/C16H16N6O2/c1-10(23)18-12-5-3-4-11(8-12)13-6-7-15-19-14(9-22(15)21-13)20-16(24)17-2/h3-9H,1-2H3,(H,18,23)(H2,17,20,24). The van der Waals surface area contributed by atoms with Gasteiger partial charge in [-0.15, -0.1) is 0 Å². The van der Waals surface area contributed by atoms with Gasteiger partial charge in [-0.25, -0.2) is 14.3 Å². The number of benzene rings is 1. The lowest BCUT2D eigenvalue weighted by Crippen LogP contribution is -2.24. The minimum Gasteiger partial charge on any atom is -0.341 e. The number of anilines is 2. The van der Waals surface area contributed by atoms with Crippen LogP contribution in [0.5, 0.6) is 0 Å². The zero-order valence-electron chi connectivity index (χ0n) is 13.2. The van der Waals surface area contributed by atoms with Crippen molar-refractivity contribution < 1.29 is 9.59 Å². The van der Waals surface area contributed by atoms with Gasteiger partial charge in [0.1, 0.15) is 0 Å². The third-order valence-corrected chi connectivity index (χ3v) is 3.27. The molecule has 3 amide bonds. The van der Waals surface area contributed by atoms with E-state index in [1.165, 1.54) is 14.0 Å². The number of nitrogens with one attached hydrogen (secondary N) is 3. The van der Waals surface area contributed by atoms with Gasteiger partial charge in [0.25, 0.3) is 0 Å². The molecular weight excluding hydrogens is 308 g/mol. The topological polar surface area (TPSA) is 100 Å². The van der Waals surface area contributed by atoms with Crippen LogP contribution in [0, 0.1) is 0 Å². The molecule has 24 heavy (non-hydrogen) atoms. The number of hydrogen-bond acceptors (Lipinski definition) is 4. The Kier molecular flexibility index (Phi) is 4.11. The minimum absolute atomic E-state index is 0.130. The Morgan fingerprint density at radius 3 is 2.71 bits per heavy atom.